The zero-order chi connectivity index (χ0) is 24.2. The van der Waals surface area contributed by atoms with Crippen LogP contribution in [-0.2, 0) is 19.5 Å². The van der Waals surface area contributed by atoms with E-state index in [1.54, 1.807) is 7.11 Å². The van der Waals surface area contributed by atoms with E-state index in [1.165, 1.54) is 31.2 Å². The molecular formula is C29H39N3O3. The first-order chi connectivity index (χ1) is 17.1. The lowest BCUT2D eigenvalue weighted by Crippen LogP contribution is -2.33. The summed E-state index contributed by atoms with van der Waals surface area (Å²) in [5, 5.41) is 5.66. The molecule has 1 saturated heterocycles. The Morgan fingerprint density at radius 2 is 1.89 bits per heavy atom. The number of benzene rings is 2. The predicted octanol–water partition coefficient (Wildman–Crippen LogP) is 5.53. The molecule has 1 saturated carbocycles. The number of aryl methyl sites for hydroxylation is 1. The fourth-order valence-electron chi connectivity index (χ4n) is 5.17. The normalized spacial score (nSPS) is 17.4. The molecule has 0 bridgehead atoms. The zero-order valence-electron chi connectivity index (χ0n) is 21.5. The number of rotatable bonds is 11. The largest absolute Gasteiger partial charge is 0.497 e. The predicted molar refractivity (Wildman–Crippen MR) is 139 cm³/mol. The molecule has 0 atom stereocenters. The summed E-state index contributed by atoms with van der Waals surface area (Å²) in [6.45, 7) is 4.89. The van der Waals surface area contributed by atoms with Gasteiger partial charge in [-0.2, -0.15) is 0 Å². The highest BCUT2D eigenvalue weighted by Gasteiger charge is 2.24. The second kappa shape index (κ2) is 11.0. The van der Waals surface area contributed by atoms with Gasteiger partial charge in [0, 0.05) is 18.5 Å². The minimum absolute atomic E-state index is 0.727. The van der Waals surface area contributed by atoms with Crippen LogP contribution in [0, 0.1) is 11.8 Å². The fraction of sp³-hybridized carbons (Fsp3) is 0.552. The number of hydrogen-bond acceptors (Lipinski definition) is 6. The molecule has 6 nitrogen and oxygen atoms in total. The number of methoxy groups -OCH3 is 1. The van der Waals surface area contributed by atoms with Crippen molar-refractivity contribution in [3.63, 3.8) is 0 Å². The van der Waals surface area contributed by atoms with Gasteiger partial charge in [-0.1, -0.05) is 17.3 Å². The summed E-state index contributed by atoms with van der Waals surface area (Å²) in [6.07, 6.45) is 7.19. The quantitative estimate of drug-likeness (QED) is 0.362. The number of likely N-dealkylation sites (tertiary alicyclic amines) is 1. The maximum absolute atomic E-state index is 6.17. The van der Waals surface area contributed by atoms with Crippen molar-refractivity contribution in [2.24, 2.45) is 11.8 Å². The molecule has 0 amide bonds. The van der Waals surface area contributed by atoms with Gasteiger partial charge in [0.2, 0.25) is 0 Å². The molecule has 2 aromatic carbocycles. The lowest BCUT2D eigenvalue weighted by molar-refractivity contribution is 0.172. The number of hydrogen-bond donors (Lipinski definition) is 0. The summed E-state index contributed by atoms with van der Waals surface area (Å²) in [5.74, 6) is 3.35. The standard InChI is InChI=1S/C29H39N3O3/c1-31(2)19-26-28(34-20-22-7-8-22)12-10-25-27(30-35-29(25)26)11-9-21-13-15-32(16-14-21)18-23-5-4-6-24(17-23)33-3/h4-6,10,12,17,21-22H,7-9,11,13-16,18-20H2,1-3H3. The maximum Gasteiger partial charge on any atom is 0.175 e. The Kier molecular flexibility index (Phi) is 7.59. The van der Waals surface area contributed by atoms with Crippen molar-refractivity contribution in [1.29, 1.82) is 0 Å². The van der Waals surface area contributed by atoms with Crippen LogP contribution in [0.15, 0.2) is 40.9 Å². The summed E-state index contributed by atoms with van der Waals surface area (Å²) < 4.78 is 17.5. The average Bonchev–Trinajstić information content (AvgIpc) is 3.60. The van der Waals surface area contributed by atoms with E-state index in [1.807, 2.05) is 6.07 Å². The monoisotopic (exact) mass is 477 g/mol. The summed E-state index contributed by atoms with van der Waals surface area (Å²) in [5.41, 5.74) is 4.44. The lowest BCUT2D eigenvalue weighted by atomic mass is 9.91. The second-order valence-corrected chi connectivity index (χ2v) is 10.7. The van der Waals surface area contributed by atoms with Gasteiger partial charge in [-0.25, -0.2) is 0 Å². The number of ether oxygens (including phenoxy) is 2. The van der Waals surface area contributed by atoms with Crippen LogP contribution in [0.2, 0.25) is 0 Å². The number of fused-ring (bicyclic) bond motifs is 1. The first-order valence-electron chi connectivity index (χ1n) is 13.1. The van der Waals surface area contributed by atoms with E-state index < -0.39 is 0 Å². The molecule has 188 valence electrons. The summed E-state index contributed by atoms with van der Waals surface area (Å²) in [6, 6.07) is 12.7. The van der Waals surface area contributed by atoms with Crippen molar-refractivity contribution in [2.75, 3.05) is 40.9 Å². The van der Waals surface area contributed by atoms with Gasteiger partial charge in [-0.15, -0.1) is 0 Å². The molecule has 3 aromatic rings. The third-order valence-electron chi connectivity index (χ3n) is 7.46. The zero-order valence-corrected chi connectivity index (χ0v) is 21.5. The van der Waals surface area contributed by atoms with Gasteiger partial charge in [0.05, 0.1) is 25.0 Å². The summed E-state index contributed by atoms with van der Waals surface area (Å²) in [4.78, 5) is 4.73. The SMILES string of the molecule is COc1cccc(CN2CCC(CCc3noc4c(CN(C)C)c(OCC5CC5)ccc34)CC2)c1. The Morgan fingerprint density at radius 3 is 2.63 bits per heavy atom. The van der Waals surface area contributed by atoms with E-state index in [0.29, 0.717) is 0 Å². The maximum atomic E-state index is 6.17. The van der Waals surface area contributed by atoms with Crippen LogP contribution in [0.3, 0.4) is 0 Å². The Balaban J connectivity index is 1.18. The highest BCUT2D eigenvalue weighted by Crippen LogP contribution is 2.35. The Labute approximate surface area is 209 Å². The average molecular weight is 478 g/mol. The van der Waals surface area contributed by atoms with Crippen molar-refractivity contribution in [2.45, 2.75) is 51.6 Å². The van der Waals surface area contributed by atoms with Crippen molar-refractivity contribution in [3.05, 3.63) is 53.2 Å². The van der Waals surface area contributed by atoms with Gasteiger partial charge < -0.3 is 18.9 Å². The number of piperidine rings is 1. The molecule has 5 rings (SSSR count). The van der Waals surface area contributed by atoms with E-state index in [2.05, 4.69) is 59.4 Å². The van der Waals surface area contributed by atoms with Crippen LogP contribution in [-0.4, -0.2) is 55.9 Å². The Hall–Kier alpha value is -2.57. The van der Waals surface area contributed by atoms with Crippen LogP contribution < -0.4 is 9.47 Å². The van der Waals surface area contributed by atoms with Gasteiger partial charge in [0.15, 0.2) is 5.58 Å². The smallest absolute Gasteiger partial charge is 0.175 e. The molecule has 2 aliphatic rings. The van der Waals surface area contributed by atoms with E-state index in [9.17, 15) is 0 Å². The van der Waals surface area contributed by atoms with Crippen molar-refractivity contribution < 1.29 is 14.0 Å². The first-order valence-corrected chi connectivity index (χ1v) is 13.1. The van der Waals surface area contributed by atoms with E-state index in [-0.39, 0.29) is 0 Å². The molecule has 0 spiro atoms. The molecule has 0 N–H and O–H groups in total. The molecule has 1 aliphatic carbocycles. The highest BCUT2D eigenvalue weighted by atomic mass is 16.5. The van der Waals surface area contributed by atoms with Gasteiger partial charge in [0.25, 0.3) is 0 Å². The topological polar surface area (TPSA) is 51.0 Å². The third kappa shape index (κ3) is 6.17. The molecule has 2 fully saturated rings. The van der Waals surface area contributed by atoms with Crippen LogP contribution in [0.4, 0.5) is 0 Å². The molecule has 1 aliphatic heterocycles. The van der Waals surface area contributed by atoms with Gasteiger partial charge in [-0.3, -0.25) is 4.90 Å². The summed E-state index contributed by atoms with van der Waals surface area (Å²) >= 11 is 0. The molecule has 2 heterocycles. The van der Waals surface area contributed by atoms with Crippen molar-refractivity contribution >= 4 is 11.0 Å². The van der Waals surface area contributed by atoms with Gasteiger partial charge >= 0.3 is 0 Å². The number of nitrogens with zero attached hydrogens (tertiary/aromatic N) is 3. The van der Waals surface area contributed by atoms with E-state index in [4.69, 9.17) is 14.0 Å². The van der Waals surface area contributed by atoms with Crippen LogP contribution in [0.25, 0.3) is 11.0 Å². The molecule has 0 unspecified atom stereocenters. The van der Waals surface area contributed by atoms with E-state index in [0.717, 1.165) is 91.2 Å². The Morgan fingerprint density at radius 1 is 1.06 bits per heavy atom. The third-order valence-corrected chi connectivity index (χ3v) is 7.46. The Bertz CT molecular complexity index is 1110. The van der Waals surface area contributed by atoms with Crippen LogP contribution in [0.5, 0.6) is 11.5 Å². The minimum atomic E-state index is 0.727. The van der Waals surface area contributed by atoms with Crippen molar-refractivity contribution in [3.8, 4) is 11.5 Å². The lowest BCUT2D eigenvalue weighted by Gasteiger charge is -2.32. The molecule has 6 heteroatoms. The fourth-order valence-corrected chi connectivity index (χ4v) is 5.17. The molecule has 35 heavy (non-hydrogen) atoms. The van der Waals surface area contributed by atoms with Crippen LogP contribution >= 0.6 is 0 Å². The van der Waals surface area contributed by atoms with Gasteiger partial charge in [0.1, 0.15) is 11.5 Å². The number of aromatic nitrogens is 1. The molecular weight excluding hydrogens is 438 g/mol. The van der Waals surface area contributed by atoms with E-state index >= 15 is 0 Å². The summed E-state index contributed by atoms with van der Waals surface area (Å²) in [7, 11) is 5.90. The highest BCUT2D eigenvalue weighted by molar-refractivity contribution is 5.84. The first kappa shape index (κ1) is 24.1. The van der Waals surface area contributed by atoms with Crippen molar-refractivity contribution in [1.82, 2.24) is 15.0 Å². The second-order valence-electron chi connectivity index (χ2n) is 10.7. The van der Waals surface area contributed by atoms with Gasteiger partial charge in [-0.05, 0) is 107 Å². The minimum Gasteiger partial charge on any atom is -0.497 e. The molecule has 0 radical (unpaired) electrons. The van der Waals surface area contributed by atoms with Crippen LogP contribution in [0.1, 0.15) is 48.9 Å². The molecule has 1 aromatic heterocycles.